The van der Waals surface area contributed by atoms with Gasteiger partial charge in [-0.05, 0) is 18.6 Å². The van der Waals surface area contributed by atoms with E-state index < -0.39 is 30.3 Å². The Hall–Kier alpha value is -2.57. The minimum atomic E-state index is -1.41. The van der Waals surface area contributed by atoms with Crippen molar-refractivity contribution in [2.45, 2.75) is 25.3 Å². The number of para-hydroxylation sites is 1. The largest absolute Gasteiger partial charge is 0.494 e. The Bertz CT molecular complexity index is 487. The summed E-state index contributed by atoms with van der Waals surface area (Å²) in [6.45, 7) is 0.314. The van der Waals surface area contributed by atoms with Crippen molar-refractivity contribution in [2.75, 3.05) is 6.61 Å². The van der Waals surface area contributed by atoms with Crippen molar-refractivity contribution in [1.82, 2.24) is 5.32 Å². The summed E-state index contributed by atoms with van der Waals surface area (Å²) in [5.74, 6) is -2.48. The van der Waals surface area contributed by atoms with Crippen molar-refractivity contribution in [3.05, 3.63) is 30.3 Å². The van der Waals surface area contributed by atoms with Crippen molar-refractivity contribution >= 4 is 17.8 Å². The van der Waals surface area contributed by atoms with Crippen LogP contribution in [0.3, 0.4) is 0 Å². The maximum absolute atomic E-state index is 11.5. The smallest absolute Gasteiger partial charge is 0.326 e. The number of hydrogen-bond donors (Lipinski definition) is 3. The van der Waals surface area contributed by atoms with E-state index in [0.717, 1.165) is 0 Å². The Balaban J connectivity index is 2.26. The summed E-state index contributed by atoms with van der Waals surface area (Å²) >= 11 is 0. The molecule has 114 valence electrons. The van der Waals surface area contributed by atoms with Crippen LogP contribution in [0.25, 0.3) is 0 Å². The van der Waals surface area contributed by atoms with Crippen LogP contribution in [-0.2, 0) is 14.4 Å². The topological polar surface area (TPSA) is 113 Å². The normalized spacial score (nSPS) is 11.4. The van der Waals surface area contributed by atoms with Gasteiger partial charge in [0.15, 0.2) is 0 Å². The molecule has 0 saturated carbocycles. The van der Waals surface area contributed by atoms with E-state index in [0.29, 0.717) is 18.8 Å². The molecule has 0 bridgehead atoms. The fraction of sp³-hybridized carbons (Fsp3) is 0.357. The number of rotatable bonds is 9. The van der Waals surface area contributed by atoms with Crippen LogP contribution in [0.15, 0.2) is 30.3 Å². The standard InChI is InChI=1S/C14H17NO6/c16-12(15-11(14(19)20)9-13(17)18)7-4-8-21-10-5-2-1-3-6-10/h1-3,5-6,11H,4,7-9H2,(H,15,16)(H,17,18)(H,19,20). The number of amides is 1. The van der Waals surface area contributed by atoms with Crippen molar-refractivity contribution in [3.8, 4) is 5.75 Å². The quantitative estimate of drug-likeness (QED) is 0.583. The molecular weight excluding hydrogens is 278 g/mol. The average molecular weight is 295 g/mol. The third kappa shape index (κ3) is 6.95. The molecule has 1 rings (SSSR count). The monoisotopic (exact) mass is 295 g/mol. The number of carboxylic acids is 2. The van der Waals surface area contributed by atoms with E-state index in [9.17, 15) is 14.4 Å². The van der Waals surface area contributed by atoms with Crippen LogP contribution in [0.4, 0.5) is 0 Å². The van der Waals surface area contributed by atoms with Gasteiger partial charge < -0.3 is 20.3 Å². The zero-order valence-corrected chi connectivity index (χ0v) is 11.3. The maximum Gasteiger partial charge on any atom is 0.326 e. The Morgan fingerprint density at radius 1 is 1.14 bits per heavy atom. The SMILES string of the molecule is O=C(O)CC(NC(=O)CCCOc1ccccc1)C(=O)O. The lowest BCUT2D eigenvalue weighted by molar-refractivity contribution is -0.147. The van der Waals surface area contributed by atoms with E-state index in [4.69, 9.17) is 14.9 Å². The average Bonchev–Trinajstić information content (AvgIpc) is 2.43. The molecule has 0 radical (unpaired) electrons. The highest BCUT2D eigenvalue weighted by atomic mass is 16.5. The molecule has 3 N–H and O–H groups in total. The van der Waals surface area contributed by atoms with Crippen LogP contribution in [0.2, 0.25) is 0 Å². The molecule has 0 fully saturated rings. The van der Waals surface area contributed by atoms with Gasteiger partial charge in [0.05, 0.1) is 13.0 Å². The summed E-state index contributed by atoms with van der Waals surface area (Å²) in [5, 5.41) is 19.5. The van der Waals surface area contributed by atoms with Crippen LogP contribution in [0.5, 0.6) is 5.75 Å². The van der Waals surface area contributed by atoms with E-state index in [2.05, 4.69) is 5.32 Å². The molecule has 7 nitrogen and oxygen atoms in total. The number of carbonyl (C=O) groups is 3. The van der Waals surface area contributed by atoms with Gasteiger partial charge in [-0.2, -0.15) is 0 Å². The number of carboxylic acid groups (broad SMARTS) is 2. The third-order valence-electron chi connectivity index (χ3n) is 2.57. The van der Waals surface area contributed by atoms with Crippen LogP contribution in [0.1, 0.15) is 19.3 Å². The van der Waals surface area contributed by atoms with Gasteiger partial charge in [0.2, 0.25) is 5.91 Å². The zero-order chi connectivity index (χ0) is 15.7. The molecule has 1 unspecified atom stereocenters. The Kier molecular flexibility index (Phi) is 6.73. The Morgan fingerprint density at radius 3 is 2.38 bits per heavy atom. The number of benzene rings is 1. The summed E-state index contributed by atoms with van der Waals surface area (Å²) in [6, 6.07) is 7.66. The van der Waals surface area contributed by atoms with Crippen molar-refractivity contribution in [1.29, 1.82) is 0 Å². The number of hydrogen-bond acceptors (Lipinski definition) is 4. The lowest BCUT2D eigenvalue weighted by atomic mass is 10.2. The van der Waals surface area contributed by atoms with Gasteiger partial charge in [-0.3, -0.25) is 9.59 Å². The van der Waals surface area contributed by atoms with Gasteiger partial charge in [-0.15, -0.1) is 0 Å². The molecule has 0 aliphatic carbocycles. The molecule has 0 aliphatic rings. The summed E-state index contributed by atoms with van der Waals surface area (Å²) in [6.07, 6.45) is -0.183. The summed E-state index contributed by atoms with van der Waals surface area (Å²) in [5.41, 5.74) is 0. The number of aliphatic carboxylic acids is 2. The molecule has 1 atom stereocenters. The summed E-state index contributed by atoms with van der Waals surface area (Å²) in [4.78, 5) is 32.8. The first kappa shape index (κ1) is 16.5. The molecule has 0 spiro atoms. The lowest BCUT2D eigenvalue weighted by Gasteiger charge is -2.12. The first-order valence-corrected chi connectivity index (χ1v) is 6.41. The molecular formula is C14H17NO6. The maximum atomic E-state index is 11.5. The molecule has 0 aliphatic heterocycles. The van der Waals surface area contributed by atoms with Gasteiger partial charge >= 0.3 is 11.9 Å². The van der Waals surface area contributed by atoms with Gasteiger partial charge in [0.25, 0.3) is 0 Å². The zero-order valence-electron chi connectivity index (χ0n) is 11.3. The molecule has 21 heavy (non-hydrogen) atoms. The van der Waals surface area contributed by atoms with Crippen LogP contribution < -0.4 is 10.1 Å². The first-order valence-electron chi connectivity index (χ1n) is 6.41. The van der Waals surface area contributed by atoms with Gasteiger partial charge in [-0.1, -0.05) is 18.2 Å². The van der Waals surface area contributed by atoms with Gasteiger partial charge in [-0.25, -0.2) is 4.79 Å². The molecule has 0 aromatic heterocycles. The highest BCUT2D eigenvalue weighted by Gasteiger charge is 2.22. The van der Waals surface area contributed by atoms with Crippen LogP contribution in [0, 0.1) is 0 Å². The first-order chi connectivity index (χ1) is 9.99. The predicted octanol–water partition coefficient (Wildman–Crippen LogP) is 0.890. The Labute approximate surface area is 121 Å². The van der Waals surface area contributed by atoms with Crippen LogP contribution >= 0.6 is 0 Å². The van der Waals surface area contributed by atoms with Gasteiger partial charge in [0, 0.05) is 6.42 Å². The minimum absolute atomic E-state index is 0.0657. The minimum Gasteiger partial charge on any atom is -0.494 e. The number of nitrogens with one attached hydrogen (secondary N) is 1. The van der Waals surface area contributed by atoms with Crippen molar-refractivity contribution in [3.63, 3.8) is 0 Å². The second-order valence-electron chi connectivity index (χ2n) is 4.32. The highest BCUT2D eigenvalue weighted by Crippen LogP contribution is 2.08. The molecule has 1 aromatic rings. The molecule has 0 heterocycles. The van der Waals surface area contributed by atoms with E-state index >= 15 is 0 Å². The molecule has 1 amide bonds. The van der Waals surface area contributed by atoms with Gasteiger partial charge in [0.1, 0.15) is 11.8 Å². The molecule has 7 heteroatoms. The molecule has 0 saturated heterocycles. The van der Waals surface area contributed by atoms with E-state index in [1.807, 2.05) is 18.2 Å². The summed E-state index contributed by atoms with van der Waals surface area (Å²) in [7, 11) is 0. The fourth-order valence-corrected chi connectivity index (χ4v) is 1.58. The second-order valence-corrected chi connectivity index (χ2v) is 4.32. The summed E-state index contributed by atoms with van der Waals surface area (Å²) < 4.78 is 5.38. The molecule has 1 aromatic carbocycles. The van der Waals surface area contributed by atoms with Crippen LogP contribution in [-0.4, -0.2) is 40.7 Å². The fourth-order valence-electron chi connectivity index (χ4n) is 1.58. The van der Waals surface area contributed by atoms with E-state index in [-0.39, 0.29) is 6.42 Å². The third-order valence-corrected chi connectivity index (χ3v) is 2.57. The van der Waals surface area contributed by atoms with Crippen molar-refractivity contribution in [2.24, 2.45) is 0 Å². The lowest BCUT2D eigenvalue weighted by Crippen LogP contribution is -2.42. The number of ether oxygens (including phenoxy) is 1. The van der Waals surface area contributed by atoms with E-state index in [1.165, 1.54) is 0 Å². The van der Waals surface area contributed by atoms with E-state index in [1.54, 1.807) is 12.1 Å². The predicted molar refractivity (Wildman–Crippen MR) is 73.0 cm³/mol. The second kappa shape index (κ2) is 8.57. The van der Waals surface area contributed by atoms with Crippen molar-refractivity contribution < 1.29 is 29.3 Å². The highest BCUT2D eigenvalue weighted by molar-refractivity contribution is 5.86. The Morgan fingerprint density at radius 2 is 1.81 bits per heavy atom. The number of carbonyl (C=O) groups excluding carboxylic acids is 1.